The molecule has 0 aromatic rings. The molecule has 0 amide bonds. The van der Waals surface area contributed by atoms with Crippen LogP contribution >= 0.6 is 0 Å². The third-order valence-corrected chi connectivity index (χ3v) is 3.09. The quantitative estimate of drug-likeness (QED) is 0.302. The van der Waals surface area contributed by atoms with Crippen LogP contribution in [0, 0.1) is 0 Å². The predicted molar refractivity (Wildman–Crippen MR) is 85.7 cm³/mol. The van der Waals surface area contributed by atoms with Crippen LogP contribution in [-0.4, -0.2) is 17.2 Å². The van der Waals surface area contributed by atoms with Gasteiger partial charge in [-0.1, -0.05) is 56.2 Å². The second-order valence-electron chi connectivity index (χ2n) is 5.19. The maximum absolute atomic E-state index is 10.2. The molecule has 0 saturated carbocycles. The normalized spacial score (nSPS) is 13.0. The summed E-state index contributed by atoms with van der Waals surface area (Å²) in [6, 6.07) is 0. The van der Waals surface area contributed by atoms with Gasteiger partial charge in [-0.2, -0.15) is 0 Å². The van der Waals surface area contributed by atoms with Crippen molar-refractivity contribution in [3.05, 3.63) is 36.5 Å². The number of unbranched alkanes of at least 4 members (excludes halogenated alkanes) is 3. The van der Waals surface area contributed by atoms with Gasteiger partial charge in [0.15, 0.2) is 0 Å². The number of carbonyl (C=O) groups is 1. The fourth-order valence-corrected chi connectivity index (χ4v) is 1.87. The molecule has 0 rings (SSSR count). The Bertz CT molecular complexity index is 335. The molecule has 1 unspecified atom stereocenters. The van der Waals surface area contributed by atoms with Crippen molar-refractivity contribution in [2.24, 2.45) is 0 Å². The Morgan fingerprint density at radius 2 is 1.55 bits per heavy atom. The molecule has 120 valence electrons. The van der Waals surface area contributed by atoms with Crippen molar-refractivity contribution in [3.63, 3.8) is 0 Å². The smallest absolute Gasteiger partial charge is 0.550 e. The first-order valence-corrected chi connectivity index (χ1v) is 7.99. The Labute approximate surface area is 157 Å². The Morgan fingerprint density at radius 1 is 1.00 bits per heavy atom. The van der Waals surface area contributed by atoms with E-state index < -0.39 is 12.1 Å². The van der Waals surface area contributed by atoms with Gasteiger partial charge in [-0.3, -0.25) is 0 Å². The monoisotopic (exact) mass is 316 g/mol. The molecule has 0 aliphatic rings. The van der Waals surface area contributed by atoms with Crippen molar-refractivity contribution in [2.75, 3.05) is 0 Å². The molecule has 0 aliphatic heterocycles. The van der Waals surface area contributed by atoms with Crippen molar-refractivity contribution in [3.8, 4) is 0 Å². The van der Waals surface area contributed by atoms with Crippen LogP contribution in [0.2, 0.25) is 0 Å². The van der Waals surface area contributed by atoms with E-state index in [-0.39, 0.29) is 36.0 Å². The molecule has 4 heteroatoms. The van der Waals surface area contributed by atoms with Crippen LogP contribution < -0.4 is 34.7 Å². The van der Waals surface area contributed by atoms with E-state index in [0.717, 1.165) is 12.8 Å². The van der Waals surface area contributed by atoms with Gasteiger partial charge in [0.2, 0.25) is 0 Å². The van der Waals surface area contributed by atoms with E-state index in [4.69, 9.17) is 0 Å². The van der Waals surface area contributed by atoms with E-state index in [0.29, 0.717) is 12.8 Å². The third kappa shape index (κ3) is 19.7. The van der Waals surface area contributed by atoms with Crippen LogP contribution in [0.4, 0.5) is 0 Å². The van der Waals surface area contributed by atoms with Crippen LogP contribution in [0.15, 0.2) is 36.5 Å². The van der Waals surface area contributed by atoms with Gasteiger partial charge in [0, 0.05) is 12.4 Å². The molecule has 0 bridgehead atoms. The maximum atomic E-state index is 10.2. The fourth-order valence-electron chi connectivity index (χ4n) is 1.87. The molecule has 1 atom stereocenters. The number of aliphatic carboxylic acids is 1. The Hall–Kier alpha value is -0.350. The first-order chi connectivity index (χ1) is 10.2. The number of carboxylic acid groups (broad SMARTS) is 1. The van der Waals surface area contributed by atoms with Crippen molar-refractivity contribution in [1.82, 2.24) is 0 Å². The zero-order chi connectivity index (χ0) is 15.8. The summed E-state index contributed by atoms with van der Waals surface area (Å²) in [6.07, 6.45) is 19.7. The van der Waals surface area contributed by atoms with Crippen LogP contribution in [0.1, 0.15) is 64.7 Å². The molecule has 1 N–H and O–H groups in total. The van der Waals surface area contributed by atoms with Gasteiger partial charge in [0.25, 0.3) is 0 Å². The standard InChI is InChI=1S/C18H30O3.Na/c1-2-3-4-5-6-7-8-9-10-11-12-13-14-15-17(19)16-18(20)21;/h6-7,9-10,12-13,17,19H,2-5,8,11,14-16H2,1H3,(H,20,21);/q;+1/p-1/b7-6-,10-9-,13-12-;. The number of aliphatic hydroxyl groups excluding tert-OH is 1. The number of aliphatic hydroxyl groups is 1. The summed E-state index contributed by atoms with van der Waals surface area (Å²) in [5.41, 5.74) is 0. The van der Waals surface area contributed by atoms with Gasteiger partial charge < -0.3 is 15.0 Å². The topological polar surface area (TPSA) is 60.4 Å². The van der Waals surface area contributed by atoms with Gasteiger partial charge in [-0.25, -0.2) is 0 Å². The minimum absolute atomic E-state index is 0. The first-order valence-electron chi connectivity index (χ1n) is 7.99. The summed E-state index contributed by atoms with van der Waals surface area (Å²) >= 11 is 0. The number of allylic oxidation sites excluding steroid dienone is 6. The Balaban J connectivity index is 0. The minimum atomic E-state index is -1.20. The summed E-state index contributed by atoms with van der Waals surface area (Å²) in [5, 5.41) is 19.6. The molecule has 0 spiro atoms. The van der Waals surface area contributed by atoms with E-state index in [9.17, 15) is 15.0 Å². The summed E-state index contributed by atoms with van der Waals surface area (Å²) in [5.74, 6) is -1.20. The van der Waals surface area contributed by atoms with Crippen molar-refractivity contribution >= 4 is 5.97 Å². The molecular weight excluding hydrogens is 287 g/mol. The van der Waals surface area contributed by atoms with Gasteiger partial charge in [-0.15, -0.1) is 0 Å². The van der Waals surface area contributed by atoms with Crippen molar-refractivity contribution in [1.29, 1.82) is 0 Å². The summed E-state index contributed by atoms with van der Waals surface area (Å²) in [4.78, 5) is 10.2. The molecule has 0 heterocycles. The number of carbonyl (C=O) groups excluding carboxylic acids is 1. The summed E-state index contributed by atoms with van der Waals surface area (Å²) in [6.45, 7) is 2.21. The molecule has 22 heavy (non-hydrogen) atoms. The zero-order valence-electron chi connectivity index (χ0n) is 14.2. The third-order valence-electron chi connectivity index (χ3n) is 3.09. The van der Waals surface area contributed by atoms with Crippen LogP contribution in [0.3, 0.4) is 0 Å². The van der Waals surface area contributed by atoms with E-state index in [2.05, 4.69) is 31.2 Å². The number of rotatable bonds is 13. The van der Waals surface area contributed by atoms with Gasteiger partial charge >= 0.3 is 29.6 Å². The van der Waals surface area contributed by atoms with Gasteiger partial charge in [-0.05, 0) is 38.5 Å². The Kier molecular flexibility index (Phi) is 20.3. The van der Waals surface area contributed by atoms with Crippen LogP contribution in [-0.2, 0) is 4.79 Å². The second kappa shape index (κ2) is 18.7. The predicted octanol–water partition coefficient (Wildman–Crippen LogP) is 0.301. The van der Waals surface area contributed by atoms with Gasteiger partial charge in [0.05, 0.1) is 6.10 Å². The van der Waals surface area contributed by atoms with E-state index >= 15 is 0 Å². The van der Waals surface area contributed by atoms with Crippen LogP contribution in [0.5, 0.6) is 0 Å². The molecular formula is C18H29NaO3. The minimum Gasteiger partial charge on any atom is -0.550 e. The SMILES string of the molecule is CCCCC/C=C\C/C=C\C/C=C\CCC(O)CC(=O)[O-].[Na+]. The molecule has 0 saturated heterocycles. The average Bonchev–Trinajstić information content (AvgIpc) is 2.43. The van der Waals surface area contributed by atoms with E-state index in [1.165, 1.54) is 25.7 Å². The van der Waals surface area contributed by atoms with Crippen molar-refractivity contribution in [2.45, 2.75) is 70.8 Å². The van der Waals surface area contributed by atoms with Crippen molar-refractivity contribution < 1.29 is 44.6 Å². The zero-order valence-corrected chi connectivity index (χ0v) is 16.2. The van der Waals surface area contributed by atoms with E-state index in [1.54, 1.807) is 0 Å². The number of hydrogen-bond donors (Lipinski definition) is 1. The molecule has 0 aliphatic carbocycles. The number of hydrogen-bond acceptors (Lipinski definition) is 3. The summed E-state index contributed by atoms with van der Waals surface area (Å²) < 4.78 is 0. The molecule has 0 radical (unpaired) electrons. The molecule has 0 aromatic heterocycles. The van der Waals surface area contributed by atoms with Gasteiger partial charge in [0.1, 0.15) is 0 Å². The average molecular weight is 316 g/mol. The maximum Gasteiger partial charge on any atom is 1.00 e. The molecule has 0 aromatic carbocycles. The Morgan fingerprint density at radius 3 is 2.09 bits per heavy atom. The fraction of sp³-hybridized carbons (Fsp3) is 0.611. The largest absolute Gasteiger partial charge is 1.00 e. The van der Waals surface area contributed by atoms with Crippen LogP contribution in [0.25, 0.3) is 0 Å². The first kappa shape index (κ1) is 23.9. The summed E-state index contributed by atoms with van der Waals surface area (Å²) in [7, 11) is 0. The number of carboxylic acids is 1. The molecule has 0 fully saturated rings. The second-order valence-corrected chi connectivity index (χ2v) is 5.19. The van der Waals surface area contributed by atoms with E-state index in [1.807, 2.05) is 12.2 Å². The molecule has 3 nitrogen and oxygen atoms in total.